The molecule has 0 spiro atoms. The number of benzene rings is 1. The van der Waals surface area contributed by atoms with Crippen molar-refractivity contribution in [2.45, 2.75) is 6.92 Å². The fraction of sp³-hybridized carbons (Fsp3) is 0.0625. The Kier molecular flexibility index (Phi) is 4.20. The van der Waals surface area contributed by atoms with Gasteiger partial charge in [0.15, 0.2) is 11.5 Å². The van der Waals surface area contributed by atoms with Gasteiger partial charge in [0.1, 0.15) is 5.65 Å². The van der Waals surface area contributed by atoms with E-state index < -0.39 is 11.9 Å². The quantitative estimate of drug-likeness (QED) is 0.680. The summed E-state index contributed by atoms with van der Waals surface area (Å²) in [5.41, 5.74) is 1.16. The number of aromatic nitrogens is 2. The number of imidazole rings is 1. The van der Waals surface area contributed by atoms with Crippen LogP contribution in [-0.4, -0.2) is 31.5 Å². The van der Waals surface area contributed by atoms with Crippen LogP contribution in [-0.2, 0) is 0 Å². The molecule has 126 valence electrons. The molecule has 0 aliphatic heterocycles. The number of hydrogen-bond donors (Lipinski definition) is 2. The molecule has 0 aliphatic rings. The standard InChI is InChI=1S/C16H11ClN4O4/c1-8-2-5-12-18-13(16(24)25)14(21(12)7-8)20-19-9-3-4-11(17)10(6-9)15(22)23/h2-7H,1H3,(H,22,23)(H,24,25). The summed E-state index contributed by atoms with van der Waals surface area (Å²) in [7, 11) is 0. The molecule has 0 saturated carbocycles. The second-order valence-electron chi connectivity index (χ2n) is 5.19. The number of fused-ring (bicyclic) bond motifs is 1. The van der Waals surface area contributed by atoms with Crippen LogP contribution in [0.4, 0.5) is 11.5 Å². The van der Waals surface area contributed by atoms with Crippen molar-refractivity contribution in [3.8, 4) is 0 Å². The number of nitrogens with zero attached hydrogens (tertiary/aromatic N) is 4. The third-order valence-electron chi connectivity index (χ3n) is 3.38. The summed E-state index contributed by atoms with van der Waals surface area (Å²) in [4.78, 5) is 26.5. The number of halogens is 1. The molecule has 0 radical (unpaired) electrons. The Morgan fingerprint density at radius 2 is 1.88 bits per heavy atom. The zero-order chi connectivity index (χ0) is 18.1. The molecule has 0 bridgehead atoms. The Morgan fingerprint density at radius 3 is 2.56 bits per heavy atom. The lowest BCUT2D eigenvalue weighted by Crippen LogP contribution is -1.97. The van der Waals surface area contributed by atoms with Crippen molar-refractivity contribution in [2.75, 3.05) is 0 Å². The van der Waals surface area contributed by atoms with E-state index in [0.717, 1.165) is 5.56 Å². The molecule has 1 aromatic carbocycles. The highest BCUT2D eigenvalue weighted by molar-refractivity contribution is 6.33. The zero-order valence-corrected chi connectivity index (χ0v) is 13.6. The van der Waals surface area contributed by atoms with Crippen LogP contribution in [0.3, 0.4) is 0 Å². The summed E-state index contributed by atoms with van der Waals surface area (Å²) < 4.78 is 1.51. The van der Waals surface area contributed by atoms with Gasteiger partial charge in [-0.1, -0.05) is 17.7 Å². The first kappa shape index (κ1) is 16.6. The van der Waals surface area contributed by atoms with Crippen LogP contribution in [0.15, 0.2) is 46.8 Å². The van der Waals surface area contributed by atoms with E-state index in [9.17, 15) is 14.7 Å². The normalized spacial score (nSPS) is 11.3. The SMILES string of the molecule is Cc1ccc2nc(C(=O)O)c(N=Nc3ccc(Cl)c(C(=O)O)c3)n2c1. The van der Waals surface area contributed by atoms with Gasteiger partial charge >= 0.3 is 11.9 Å². The maximum Gasteiger partial charge on any atom is 0.358 e. The van der Waals surface area contributed by atoms with Crippen molar-refractivity contribution in [3.05, 3.63) is 58.4 Å². The summed E-state index contributed by atoms with van der Waals surface area (Å²) in [6, 6.07) is 7.59. The first-order chi connectivity index (χ1) is 11.9. The van der Waals surface area contributed by atoms with Crippen molar-refractivity contribution in [1.29, 1.82) is 0 Å². The monoisotopic (exact) mass is 358 g/mol. The number of aromatic carboxylic acids is 2. The number of aryl methyl sites for hydroxylation is 1. The van der Waals surface area contributed by atoms with Crippen LogP contribution in [0.5, 0.6) is 0 Å². The molecular formula is C16H11ClN4O4. The zero-order valence-electron chi connectivity index (χ0n) is 12.8. The van der Waals surface area contributed by atoms with Gasteiger partial charge in [-0.15, -0.1) is 10.2 Å². The number of carboxylic acids is 2. The second-order valence-corrected chi connectivity index (χ2v) is 5.60. The highest BCUT2D eigenvalue weighted by Gasteiger charge is 2.18. The van der Waals surface area contributed by atoms with Crippen LogP contribution < -0.4 is 0 Å². The first-order valence-electron chi connectivity index (χ1n) is 7.03. The highest BCUT2D eigenvalue weighted by atomic mass is 35.5. The molecule has 0 fully saturated rings. The molecule has 0 amide bonds. The molecule has 25 heavy (non-hydrogen) atoms. The number of carboxylic acid groups (broad SMARTS) is 2. The lowest BCUT2D eigenvalue weighted by atomic mass is 10.2. The average Bonchev–Trinajstić information content (AvgIpc) is 2.92. The number of azo groups is 1. The van der Waals surface area contributed by atoms with Crippen LogP contribution in [0, 0.1) is 6.92 Å². The molecule has 3 aromatic rings. The van der Waals surface area contributed by atoms with Gasteiger partial charge in [-0.3, -0.25) is 4.40 Å². The third-order valence-corrected chi connectivity index (χ3v) is 3.71. The van der Waals surface area contributed by atoms with Crippen molar-refractivity contribution < 1.29 is 19.8 Å². The minimum absolute atomic E-state index is 0.0398. The number of carbonyl (C=O) groups is 2. The van der Waals surface area contributed by atoms with E-state index in [0.29, 0.717) is 5.65 Å². The van der Waals surface area contributed by atoms with Crippen molar-refractivity contribution in [2.24, 2.45) is 10.2 Å². The van der Waals surface area contributed by atoms with Gasteiger partial charge in [0.2, 0.25) is 0 Å². The first-order valence-corrected chi connectivity index (χ1v) is 7.41. The Hall–Kier alpha value is -3.26. The Bertz CT molecular complexity index is 1040. The molecule has 2 heterocycles. The minimum atomic E-state index is -1.24. The lowest BCUT2D eigenvalue weighted by molar-refractivity contribution is 0.0683. The van der Waals surface area contributed by atoms with Crippen molar-refractivity contribution >= 4 is 40.7 Å². The van der Waals surface area contributed by atoms with Crippen molar-refractivity contribution in [1.82, 2.24) is 9.38 Å². The molecule has 2 aromatic heterocycles. The number of rotatable bonds is 4. The largest absolute Gasteiger partial charge is 0.478 e. The molecule has 0 saturated heterocycles. The van der Waals surface area contributed by atoms with E-state index in [1.54, 1.807) is 18.3 Å². The van der Waals surface area contributed by atoms with Crippen LogP contribution in [0.25, 0.3) is 5.65 Å². The molecular weight excluding hydrogens is 348 g/mol. The van der Waals surface area contributed by atoms with E-state index in [1.165, 1.54) is 22.6 Å². The molecule has 3 rings (SSSR count). The summed E-state index contributed by atoms with van der Waals surface area (Å²) in [6.45, 7) is 1.85. The number of hydrogen-bond acceptors (Lipinski definition) is 5. The van der Waals surface area contributed by atoms with Crippen LogP contribution in [0.1, 0.15) is 26.4 Å². The van der Waals surface area contributed by atoms with E-state index >= 15 is 0 Å². The van der Waals surface area contributed by atoms with Crippen molar-refractivity contribution in [3.63, 3.8) is 0 Å². The molecule has 8 nitrogen and oxygen atoms in total. The molecule has 2 N–H and O–H groups in total. The van der Waals surface area contributed by atoms with Gasteiger partial charge in [-0.05, 0) is 36.8 Å². The summed E-state index contributed by atoms with van der Waals surface area (Å²) in [5.74, 6) is -2.39. The number of pyridine rings is 1. The van der Waals surface area contributed by atoms with E-state index in [-0.39, 0.29) is 27.8 Å². The smallest absolute Gasteiger partial charge is 0.358 e. The fourth-order valence-electron chi connectivity index (χ4n) is 2.22. The maximum absolute atomic E-state index is 11.4. The Morgan fingerprint density at radius 1 is 1.12 bits per heavy atom. The lowest BCUT2D eigenvalue weighted by Gasteiger charge is -2.00. The average molecular weight is 359 g/mol. The summed E-state index contributed by atoms with van der Waals surface area (Å²) in [5, 5.41) is 26.4. The Labute approximate surface area is 146 Å². The minimum Gasteiger partial charge on any atom is -0.478 e. The third kappa shape index (κ3) is 3.20. The van der Waals surface area contributed by atoms with Crippen LogP contribution in [0.2, 0.25) is 5.02 Å². The molecule has 0 unspecified atom stereocenters. The van der Waals surface area contributed by atoms with Gasteiger partial charge in [-0.2, -0.15) is 0 Å². The van der Waals surface area contributed by atoms with Gasteiger partial charge in [0, 0.05) is 6.20 Å². The summed E-state index contributed by atoms with van der Waals surface area (Å²) in [6.07, 6.45) is 1.69. The van der Waals surface area contributed by atoms with Gasteiger partial charge in [0.25, 0.3) is 0 Å². The van der Waals surface area contributed by atoms with E-state index in [2.05, 4.69) is 15.2 Å². The fourth-order valence-corrected chi connectivity index (χ4v) is 2.42. The predicted octanol–water partition coefficient (Wildman–Crippen LogP) is 4.11. The highest BCUT2D eigenvalue weighted by Crippen LogP contribution is 2.27. The maximum atomic E-state index is 11.4. The molecule has 0 aliphatic carbocycles. The molecule has 0 atom stereocenters. The topological polar surface area (TPSA) is 117 Å². The Balaban J connectivity index is 2.11. The van der Waals surface area contributed by atoms with E-state index in [1.807, 2.05) is 6.92 Å². The van der Waals surface area contributed by atoms with Gasteiger partial charge < -0.3 is 10.2 Å². The van der Waals surface area contributed by atoms with Crippen LogP contribution >= 0.6 is 11.6 Å². The summed E-state index contributed by atoms with van der Waals surface area (Å²) >= 11 is 5.81. The predicted molar refractivity (Wildman–Crippen MR) is 89.5 cm³/mol. The second kappa shape index (κ2) is 6.33. The molecule has 9 heteroatoms. The van der Waals surface area contributed by atoms with Gasteiger partial charge in [0.05, 0.1) is 16.3 Å². The van der Waals surface area contributed by atoms with E-state index in [4.69, 9.17) is 16.7 Å². The van der Waals surface area contributed by atoms with Gasteiger partial charge in [-0.25, -0.2) is 14.6 Å².